The summed E-state index contributed by atoms with van der Waals surface area (Å²) >= 11 is 6.31. The average molecular weight is 273 g/mol. The van der Waals surface area contributed by atoms with Gasteiger partial charge in [-0.05, 0) is 38.5 Å². The van der Waals surface area contributed by atoms with Gasteiger partial charge in [0.05, 0.1) is 5.02 Å². The summed E-state index contributed by atoms with van der Waals surface area (Å²) in [6.45, 7) is 5.65. The molecule has 0 saturated heterocycles. The lowest BCUT2D eigenvalue weighted by atomic mass is 9.97. The highest BCUT2D eigenvalue weighted by atomic mass is 35.5. The fourth-order valence-electron chi connectivity index (χ4n) is 2.16. The van der Waals surface area contributed by atoms with E-state index in [2.05, 4.69) is 4.98 Å². The minimum atomic E-state index is -0.382. The molecule has 0 unspecified atom stereocenters. The Morgan fingerprint density at radius 1 is 1.16 bits per heavy atom. The Morgan fingerprint density at radius 2 is 1.84 bits per heavy atom. The molecular formula is C15H13ClN2O. The first-order valence-electron chi connectivity index (χ1n) is 5.85. The van der Waals surface area contributed by atoms with Gasteiger partial charge in [-0.15, -0.1) is 0 Å². The Kier molecular flexibility index (Phi) is 3.46. The largest absolute Gasteiger partial charge is 0.325 e. The standard InChI is InChI=1S/C15H13ClN2O/c1-8-4-9(2)14(16)12(5-8)11-6-10(3)18-15(19)13(11)7-17/h4-6H,1-3H3,(H,18,19). The van der Waals surface area contributed by atoms with Crippen LogP contribution in [0, 0.1) is 32.1 Å². The van der Waals surface area contributed by atoms with Crippen LogP contribution in [0.2, 0.25) is 5.02 Å². The van der Waals surface area contributed by atoms with Crippen LogP contribution in [0.3, 0.4) is 0 Å². The maximum atomic E-state index is 11.8. The van der Waals surface area contributed by atoms with Crippen LogP contribution in [0.4, 0.5) is 0 Å². The zero-order valence-electron chi connectivity index (χ0n) is 11.0. The summed E-state index contributed by atoms with van der Waals surface area (Å²) < 4.78 is 0. The molecule has 2 aromatic rings. The molecule has 1 aromatic heterocycles. The molecule has 0 radical (unpaired) electrons. The number of nitrogens with one attached hydrogen (secondary N) is 1. The third-order valence-electron chi connectivity index (χ3n) is 2.97. The minimum absolute atomic E-state index is 0.0949. The molecule has 0 aliphatic heterocycles. The Bertz CT molecular complexity index is 754. The molecule has 1 aromatic carbocycles. The van der Waals surface area contributed by atoms with Crippen LogP contribution in [0.1, 0.15) is 22.4 Å². The highest BCUT2D eigenvalue weighted by Crippen LogP contribution is 2.32. The summed E-state index contributed by atoms with van der Waals surface area (Å²) in [6, 6.07) is 7.59. The zero-order valence-corrected chi connectivity index (χ0v) is 11.7. The number of benzene rings is 1. The molecule has 0 aliphatic carbocycles. The van der Waals surface area contributed by atoms with Gasteiger partial charge in [0.15, 0.2) is 0 Å². The van der Waals surface area contributed by atoms with E-state index in [1.54, 1.807) is 13.0 Å². The van der Waals surface area contributed by atoms with Gasteiger partial charge >= 0.3 is 0 Å². The van der Waals surface area contributed by atoms with E-state index < -0.39 is 0 Å². The number of hydrogen-bond donors (Lipinski definition) is 1. The quantitative estimate of drug-likeness (QED) is 0.864. The fraction of sp³-hybridized carbons (Fsp3) is 0.200. The molecule has 0 amide bonds. The van der Waals surface area contributed by atoms with Crippen molar-refractivity contribution < 1.29 is 0 Å². The summed E-state index contributed by atoms with van der Waals surface area (Å²) in [5.41, 5.74) is 3.70. The van der Waals surface area contributed by atoms with Crippen LogP contribution >= 0.6 is 11.6 Å². The van der Waals surface area contributed by atoms with Gasteiger partial charge in [0.25, 0.3) is 5.56 Å². The molecule has 19 heavy (non-hydrogen) atoms. The van der Waals surface area contributed by atoms with Gasteiger partial charge in [-0.2, -0.15) is 5.26 Å². The molecule has 0 fully saturated rings. The minimum Gasteiger partial charge on any atom is -0.325 e. The number of pyridine rings is 1. The number of hydrogen-bond acceptors (Lipinski definition) is 2. The summed E-state index contributed by atoms with van der Waals surface area (Å²) in [4.78, 5) is 14.5. The number of aromatic amines is 1. The van der Waals surface area contributed by atoms with Crippen molar-refractivity contribution in [3.8, 4) is 17.2 Å². The lowest BCUT2D eigenvalue weighted by Gasteiger charge is -2.11. The number of aromatic nitrogens is 1. The highest BCUT2D eigenvalue weighted by molar-refractivity contribution is 6.34. The second kappa shape index (κ2) is 4.91. The lowest BCUT2D eigenvalue weighted by molar-refractivity contribution is 1.13. The van der Waals surface area contributed by atoms with Gasteiger partial charge in [0, 0.05) is 16.8 Å². The number of nitriles is 1. The molecular weight excluding hydrogens is 260 g/mol. The van der Waals surface area contributed by atoms with E-state index >= 15 is 0 Å². The highest BCUT2D eigenvalue weighted by Gasteiger charge is 2.14. The van der Waals surface area contributed by atoms with Crippen LogP contribution < -0.4 is 5.56 Å². The fourth-order valence-corrected chi connectivity index (χ4v) is 2.37. The molecule has 1 heterocycles. The van der Waals surface area contributed by atoms with Gasteiger partial charge in [-0.3, -0.25) is 4.79 Å². The molecule has 96 valence electrons. The van der Waals surface area contributed by atoms with Crippen LogP contribution in [-0.4, -0.2) is 4.98 Å². The Hall–Kier alpha value is -2.05. The van der Waals surface area contributed by atoms with Crippen molar-refractivity contribution in [2.24, 2.45) is 0 Å². The average Bonchev–Trinajstić information content (AvgIpc) is 2.33. The third-order valence-corrected chi connectivity index (χ3v) is 3.47. The van der Waals surface area contributed by atoms with Crippen molar-refractivity contribution in [3.05, 3.63) is 56.0 Å². The van der Waals surface area contributed by atoms with Gasteiger partial charge < -0.3 is 4.98 Å². The maximum absolute atomic E-state index is 11.8. The molecule has 0 spiro atoms. The van der Waals surface area contributed by atoms with Gasteiger partial charge in [0.2, 0.25) is 0 Å². The summed E-state index contributed by atoms with van der Waals surface area (Å²) in [7, 11) is 0. The zero-order chi connectivity index (χ0) is 14.2. The van der Waals surface area contributed by atoms with E-state index in [9.17, 15) is 4.79 Å². The summed E-state index contributed by atoms with van der Waals surface area (Å²) in [6.07, 6.45) is 0. The molecule has 0 atom stereocenters. The second-order valence-corrected chi connectivity index (χ2v) is 5.00. The van der Waals surface area contributed by atoms with Crippen LogP contribution in [-0.2, 0) is 0 Å². The molecule has 1 N–H and O–H groups in total. The second-order valence-electron chi connectivity index (χ2n) is 4.63. The lowest BCUT2D eigenvalue weighted by Crippen LogP contribution is -2.13. The molecule has 2 rings (SSSR count). The van der Waals surface area contributed by atoms with Crippen molar-refractivity contribution in [1.82, 2.24) is 4.98 Å². The predicted molar refractivity (Wildman–Crippen MR) is 76.4 cm³/mol. The van der Waals surface area contributed by atoms with Crippen molar-refractivity contribution in [1.29, 1.82) is 5.26 Å². The molecule has 3 nitrogen and oxygen atoms in total. The van der Waals surface area contributed by atoms with E-state index in [1.807, 2.05) is 32.0 Å². The van der Waals surface area contributed by atoms with E-state index in [1.165, 1.54) is 0 Å². The molecule has 0 saturated carbocycles. The van der Waals surface area contributed by atoms with Crippen molar-refractivity contribution in [2.75, 3.05) is 0 Å². The predicted octanol–water partition coefficient (Wildman–Crippen LogP) is 3.49. The van der Waals surface area contributed by atoms with Gasteiger partial charge in [-0.25, -0.2) is 0 Å². The monoisotopic (exact) mass is 272 g/mol. The van der Waals surface area contributed by atoms with Crippen molar-refractivity contribution in [3.63, 3.8) is 0 Å². The SMILES string of the molecule is Cc1cc(C)c(Cl)c(-c2cc(C)[nH]c(=O)c2C#N)c1. The Morgan fingerprint density at radius 3 is 2.47 bits per heavy atom. The summed E-state index contributed by atoms with van der Waals surface area (Å²) in [5.74, 6) is 0. The van der Waals surface area contributed by atoms with Crippen molar-refractivity contribution in [2.45, 2.75) is 20.8 Å². The number of aryl methyl sites for hydroxylation is 3. The van der Waals surface area contributed by atoms with E-state index in [-0.39, 0.29) is 11.1 Å². The maximum Gasteiger partial charge on any atom is 0.266 e. The number of nitrogens with zero attached hydrogens (tertiary/aromatic N) is 1. The molecule has 4 heteroatoms. The molecule has 0 aliphatic rings. The normalized spacial score (nSPS) is 10.3. The Balaban J connectivity index is 2.87. The smallest absolute Gasteiger partial charge is 0.266 e. The molecule has 0 bridgehead atoms. The topological polar surface area (TPSA) is 56.6 Å². The first-order chi connectivity index (χ1) is 8.93. The first kappa shape index (κ1) is 13.4. The van der Waals surface area contributed by atoms with E-state index in [0.29, 0.717) is 16.3 Å². The van der Waals surface area contributed by atoms with Gasteiger partial charge in [0.1, 0.15) is 11.6 Å². The summed E-state index contributed by atoms with van der Waals surface area (Å²) in [5, 5.41) is 9.74. The van der Waals surface area contributed by atoms with Crippen LogP contribution in [0.15, 0.2) is 23.0 Å². The van der Waals surface area contributed by atoms with Crippen molar-refractivity contribution >= 4 is 11.6 Å². The number of H-pyrrole nitrogens is 1. The van der Waals surface area contributed by atoms with Gasteiger partial charge in [-0.1, -0.05) is 23.2 Å². The van der Waals surface area contributed by atoms with E-state index in [4.69, 9.17) is 16.9 Å². The van der Waals surface area contributed by atoms with Crippen LogP contribution in [0.25, 0.3) is 11.1 Å². The number of halogens is 1. The third kappa shape index (κ3) is 2.40. The van der Waals surface area contributed by atoms with Crippen LogP contribution in [0.5, 0.6) is 0 Å². The first-order valence-corrected chi connectivity index (χ1v) is 6.23. The number of rotatable bonds is 1. The Labute approximate surface area is 116 Å². The van der Waals surface area contributed by atoms with E-state index in [0.717, 1.165) is 16.7 Å².